The zero-order chi connectivity index (χ0) is 31.2. The lowest BCUT2D eigenvalue weighted by molar-refractivity contribution is -0.143. The number of carbonyl (C=O) groups is 1. The van der Waals surface area contributed by atoms with E-state index < -0.39 is 40.4 Å². The number of benzene rings is 2. The molecule has 13 heteroatoms. The average molecular weight is 634 g/mol. The normalized spacial score (nSPS) is 16.2. The van der Waals surface area contributed by atoms with Crippen LogP contribution < -0.4 is 9.80 Å². The van der Waals surface area contributed by atoms with Gasteiger partial charge in [0.1, 0.15) is 5.82 Å². The van der Waals surface area contributed by atoms with E-state index in [0.29, 0.717) is 40.6 Å². The monoisotopic (exact) mass is 633 g/mol. The third-order valence-corrected chi connectivity index (χ3v) is 8.03. The van der Waals surface area contributed by atoms with Crippen LogP contribution in [0, 0.1) is 0 Å². The number of alkyl halides is 6. The number of rotatable bonds is 6. The Labute approximate surface area is 248 Å². The first kappa shape index (κ1) is 31.9. The van der Waals surface area contributed by atoms with E-state index in [9.17, 15) is 36.2 Å². The lowest BCUT2D eigenvalue weighted by atomic mass is 9.81. The number of likely N-dealkylation sites (N-methyl/N-ethyl adjacent to an activating group) is 1. The Hall–Kier alpha value is -3.02. The van der Waals surface area contributed by atoms with Gasteiger partial charge in [0, 0.05) is 34.8 Å². The molecule has 1 amide bonds. The van der Waals surface area contributed by atoms with Crippen LogP contribution in [0.1, 0.15) is 43.4 Å². The molecule has 4 rings (SSSR count). The summed E-state index contributed by atoms with van der Waals surface area (Å²) in [6.07, 6.45) is -7.16. The van der Waals surface area contributed by atoms with Gasteiger partial charge >= 0.3 is 12.4 Å². The second-order valence-electron chi connectivity index (χ2n) is 10.6. The molecule has 1 saturated heterocycles. The molecule has 2 heterocycles. The van der Waals surface area contributed by atoms with E-state index in [2.05, 4.69) is 4.98 Å². The molecule has 1 aliphatic rings. The maximum absolute atomic E-state index is 13.9. The first-order chi connectivity index (χ1) is 19.4. The van der Waals surface area contributed by atoms with Gasteiger partial charge in [0.05, 0.1) is 41.1 Å². The number of nitrogens with zero attached hydrogens (tertiary/aromatic N) is 3. The number of aromatic nitrogens is 1. The van der Waals surface area contributed by atoms with Crippen molar-refractivity contribution < 1.29 is 36.2 Å². The van der Waals surface area contributed by atoms with Crippen LogP contribution in [0.15, 0.2) is 48.7 Å². The van der Waals surface area contributed by atoms with Crippen LogP contribution in [-0.4, -0.2) is 42.2 Å². The van der Waals surface area contributed by atoms with Crippen LogP contribution in [0.4, 0.5) is 37.8 Å². The maximum Gasteiger partial charge on any atom is 0.416 e. The summed E-state index contributed by atoms with van der Waals surface area (Å²) < 4.78 is 81.4. The molecule has 1 aliphatic heterocycles. The van der Waals surface area contributed by atoms with Crippen LogP contribution in [0.25, 0.3) is 11.1 Å². The SMILES string of the molecule is CN(C(=O)C(C)(C)c1cc(C(F)(F)F)cc(C(F)(F)F)c1)c1cnc(N2CCCC2CO)cc1-c1ccc(Cl)cc1Cl. The Kier molecular flexibility index (Phi) is 8.79. The molecule has 0 spiro atoms. The van der Waals surface area contributed by atoms with Crippen molar-refractivity contribution in [3.63, 3.8) is 0 Å². The predicted octanol–water partition coefficient (Wildman–Crippen LogP) is 7.99. The third-order valence-electron chi connectivity index (χ3n) is 7.48. The fourth-order valence-electron chi connectivity index (χ4n) is 5.08. The highest BCUT2D eigenvalue weighted by Gasteiger charge is 2.41. The highest BCUT2D eigenvalue weighted by Crippen LogP contribution is 2.42. The Morgan fingerprint density at radius 2 is 1.57 bits per heavy atom. The number of amides is 1. The van der Waals surface area contributed by atoms with E-state index >= 15 is 0 Å². The molecule has 3 aromatic rings. The van der Waals surface area contributed by atoms with Gasteiger partial charge in [-0.3, -0.25) is 4.79 Å². The van der Waals surface area contributed by atoms with Gasteiger partial charge in [-0.15, -0.1) is 0 Å². The molecule has 226 valence electrons. The van der Waals surface area contributed by atoms with Gasteiger partial charge in [0.25, 0.3) is 0 Å². The zero-order valence-corrected chi connectivity index (χ0v) is 24.3. The number of aliphatic hydroxyl groups is 1. The smallest absolute Gasteiger partial charge is 0.394 e. The fraction of sp³-hybridized carbons (Fsp3) is 0.379. The lowest BCUT2D eigenvalue weighted by Crippen LogP contribution is -2.42. The molecule has 42 heavy (non-hydrogen) atoms. The van der Waals surface area contributed by atoms with Crippen LogP contribution >= 0.6 is 23.2 Å². The van der Waals surface area contributed by atoms with Gasteiger partial charge in [0.2, 0.25) is 5.91 Å². The first-order valence-corrected chi connectivity index (χ1v) is 13.6. The Morgan fingerprint density at radius 3 is 2.12 bits per heavy atom. The fourth-order valence-corrected chi connectivity index (χ4v) is 5.59. The summed E-state index contributed by atoms with van der Waals surface area (Å²) in [5, 5.41) is 10.4. The van der Waals surface area contributed by atoms with Crippen molar-refractivity contribution in [3.05, 3.63) is 75.4 Å². The van der Waals surface area contributed by atoms with Crippen molar-refractivity contribution in [1.29, 1.82) is 0 Å². The number of halogens is 8. The molecule has 2 aromatic carbocycles. The van der Waals surface area contributed by atoms with Crippen molar-refractivity contribution in [2.24, 2.45) is 0 Å². The topological polar surface area (TPSA) is 56.7 Å². The zero-order valence-electron chi connectivity index (χ0n) is 22.7. The Balaban J connectivity index is 1.83. The van der Waals surface area contributed by atoms with E-state index in [1.807, 2.05) is 4.90 Å². The van der Waals surface area contributed by atoms with E-state index in [-0.39, 0.29) is 29.4 Å². The second-order valence-corrected chi connectivity index (χ2v) is 11.5. The molecule has 0 aliphatic carbocycles. The van der Waals surface area contributed by atoms with Crippen LogP contribution in [0.5, 0.6) is 0 Å². The molecule has 1 N–H and O–H groups in total. The first-order valence-electron chi connectivity index (χ1n) is 12.9. The summed E-state index contributed by atoms with van der Waals surface area (Å²) in [6.45, 7) is 3.05. The minimum Gasteiger partial charge on any atom is -0.394 e. The van der Waals surface area contributed by atoms with Crippen molar-refractivity contribution in [3.8, 4) is 11.1 Å². The maximum atomic E-state index is 13.9. The number of hydrogen-bond donors (Lipinski definition) is 1. The van der Waals surface area contributed by atoms with E-state index in [0.717, 1.165) is 17.7 Å². The molecule has 1 aromatic heterocycles. The van der Waals surface area contributed by atoms with Crippen LogP contribution in [0.2, 0.25) is 10.0 Å². The highest BCUT2D eigenvalue weighted by molar-refractivity contribution is 6.36. The quantitative estimate of drug-likeness (QED) is 0.280. The van der Waals surface area contributed by atoms with E-state index in [4.69, 9.17) is 23.2 Å². The minimum atomic E-state index is -5.07. The molecule has 5 nitrogen and oxygen atoms in total. The van der Waals surface area contributed by atoms with Crippen molar-refractivity contribution in [2.75, 3.05) is 30.0 Å². The number of carbonyl (C=O) groups excluding carboxylic acids is 1. The van der Waals surface area contributed by atoms with Gasteiger partial charge in [-0.1, -0.05) is 29.3 Å². The molecular weight excluding hydrogens is 607 g/mol. The molecule has 0 radical (unpaired) electrons. The molecule has 0 bridgehead atoms. The van der Waals surface area contributed by atoms with Gasteiger partial charge in [-0.2, -0.15) is 26.3 Å². The lowest BCUT2D eigenvalue weighted by Gasteiger charge is -2.32. The van der Waals surface area contributed by atoms with Crippen molar-refractivity contribution >= 4 is 40.6 Å². The minimum absolute atomic E-state index is 0.0229. The highest BCUT2D eigenvalue weighted by atomic mass is 35.5. The second kappa shape index (κ2) is 11.6. The average Bonchev–Trinajstić information content (AvgIpc) is 3.40. The van der Waals surface area contributed by atoms with Crippen LogP contribution in [-0.2, 0) is 22.6 Å². The van der Waals surface area contributed by atoms with Crippen molar-refractivity contribution in [1.82, 2.24) is 4.98 Å². The Morgan fingerprint density at radius 1 is 0.976 bits per heavy atom. The number of hydrogen-bond acceptors (Lipinski definition) is 4. The van der Waals surface area contributed by atoms with E-state index in [1.165, 1.54) is 33.2 Å². The summed E-state index contributed by atoms with van der Waals surface area (Å²) in [7, 11) is 1.36. The van der Waals surface area contributed by atoms with Gasteiger partial charge in [0.15, 0.2) is 0 Å². The largest absolute Gasteiger partial charge is 0.416 e. The molecule has 1 fully saturated rings. The summed E-state index contributed by atoms with van der Waals surface area (Å²) >= 11 is 12.6. The third kappa shape index (κ3) is 6.33. The molecular formula is C29H27Cl2F6N3O2. The van der Waals surface area contributed by atoms with Gasteiger partial charge in [-0.25, -0.2) is 4.98 Å². The standard InChI is InChI=1S/C29H27Cl2F6N3O2/c1-27(2,16-9-17(28(32,33)34)11-18(10-16)29(35,36)37)26(42)39(3)24-14-38-25(40-8-4-5-20(40)15-41)13-22(24)21-7-6-19(30)12-23(21)31/h6-7,9-14,20,41H,4-5,8,15H2,1-3H3. The summed E-state index contributed by atoms with van der Waals surface area (Å²) in [5.41, 5.74) is -4.21. The molecule has 1 unspecified atom stereocenters. The molecule has 1 atom stereocenters. The van der Waals surface area contributed by atoms with E-state index in [1.54, 1.807) is 18.2 Å². The van der Waals surface area contributed by atoms with Gasteiger partial charge < -0.3 is 14.9 Å². The Bertz CT molecular complexity index is 1460. The van der Waals surface area contributed by atoms with Crippen molar-refractivity contribution in [2.45, 2.75) is 50.5 Å². The summed E-state index contributed by atoms with van der Waals surface area (Å²) in [6, 6.07) is 7.37. The number of anilines is 2. The van der Waals surface area contributed by atoms with Gasteiger partial charge in [-0.05, 0) is 68.7 Å². The number of pyridine rings is 1. The summed E-state index contributed by atoms with van der Waals surface area (Å²) in [5.74, 6) is -0.283. The summed E-state index contributed by atoms with van der Waals surface area (Å²) in [4.78, 5) is 21.4. The predicted molar refractivity (Wildman–Crippen MR) is 150 cm³/mol. The van der Waals surface area contributed by atoms with Crippen LogP contribution in [0.3, 0.4) is 0 Å². The number of aliphatic hydroxyl groups excluding tert-OH is 1. The molecule has 0 saturated carbocycles.